The number of thioether (sulfide) groups is 1. The molecule has 0 bridgehead atoms. The zero-order valence-corrected chi connectivity index (χ0v) is 13.5. The van der Waals surface area contributed by atoms with Crippen LogP contribution in [0, 0.1) is 0 Å². The average Bonchev–Trinajstić information content (AvgIpc) is 2.48. The van der Waals surface area contributed by atoms with Crippen LogP contribution < -0.4 is 16.0 Å². The highest BCUT2D eigenvalue weighted by molar-refractivity contribution is 7.99. The number of morpholine rings is 1. The summed E-state index contributed by atoms with van der Waals surface area (Å²) in [5.41, 5.74) is 5.80. The lowest BCUT2D eigenvalue weighted by Gasteiger charge is -2.27. The minimum atomic E-state index is 0.254. The molecule has 0 amide bonds. The van der Waals surface area contributed by atoms with E-state index in [0.717, 1.165) is 31.0 Å². The monoisotopic (exact) mass is 312 g/mol. The minimum Gasteiger partial charge on any atom is -0.378 e. The SMILES string of the molecule is CCSCCC(C)Nc1nc(N)nc(N2CCOCC2)n1. The van der Waals surface area contributed by atoms with Gasteiger partial charge >= 0.3 is 0 Å². The summed E-state index contributed by atoms with van der Waals surface area (Å²) in [6.45, 7) is 7.25. The highest BCUT2D eigenvalue weighted by Gasteiger charge is 2.16. The van der Waals surface area contributed by atoms with Gasteiger partial charge in [-0.05, 0) is 24.9 Å². The lowest BCUT2D eigenvalue weighted by Crippen LogP contribution is -2.37. The molecular weight excluding hydrogens is 288 g/mol. The van der Waals surface area contributed by atoms with Crippen LogP contribution in [0.2, 0.25) is 0 Å². The lowest BCUT2D eigenvalue weighted by atomic mass is 10.3. The van der Waals surface area contributed by atoms with Gasteiger partial charge in [0.05, 0.1) is 13.2 Å². The Morgan fingerprint density at radius 2 is 2.10 bits per heavy atom. The maximum atomic E-state index is 5.80. The van der Waals surface area contributed by atoms with Crippen molar-refractivity contribution in [3.05, 3.63) is 0 Å². The first kappa shape index (κ1) is 16.1. The summed E-state index contributed by atoms with van der Waals surface area (Å²) in [7, 11) is 0. The first-order chi connectivity index (χ1) is 10.2. The number of nitrogens with zero attached hydrogens (tertiary/aromatic N) is 4. The molecule has 2 heterocycles. The standard InChI is InChI=1S/C13H24N6OS/c1-3-21-9-4-10(2)15-12-16-11(14)17-13(18-12)19-5-7-20-8-6-19/h10H,3-9H2,1-2H3,(H3,14,15,16,17,18). The average molecular weight is 312 g/mol. The number of hydrogen-bond acceptors (Lipinski definition) is 8. The van der Waals surface area contributed by atoms with E-state index in [1.165, 1.54) is 0 Å². The number of ether oxygens (including phenoxy) is 1. The summed E-state index contributed by atoms with van der Waals surface area (Å²) in [5, 5.41) is 3.31. The molecule has 2 rings (SSSR count). The van der Waals surface area contributed by atoms with Crippen molar-refractivity contribution < 1.29 is 4.74 Å². The molecule has 8 heteroatoms. The van der Waals surface area contributed by atoms with Gasteiger partial charge in [0, 0.05) is 19.1 Å². The van der Waals surface area contributed by atoms with Crippen molar-refractivity contribution in [3.63, 3.8) is 0 Å². The van der Waals surface area contributed by atoms with Crippen molar-refractivity contribution in [3.8, 4) is 0 Å². The number of rotatable bonds is 7. The molecule has 0 aliphatic carbocycles. The molecule has 0 aromatic carbocycles. The van der Waals surface area contributed by atoms with Crippen molar-refractivity contribution in [2.75, 3.05) is 53.8 Å². The molecular formula is C13H24N6OS. The molecule has 3 N–H and O–H groups in total. The van der Waals surface area contributed by atoms with Gasteiger partial charge in [-0.25, -0.2) is 0 Å². The highest BCUT2D eigenvalue weighted by atomic mass is 32.2. The van der Waals surface area contributed by atoms with Crippen molar-refractivity contribution >= 4 is 29.6 Å². The Kier molecular flexibility index (Phi) is 6.31. The van der Waals surface area contributed by atoms with E-state index >= 15 is 0 Å². The van der Waals surface area contributed by atoms with E-state index in [1.807, 2.05) is 11.8 Å². The van der Waals surface area contributed by atoms with E-state index in [0.29, 0.717) is 31.2 Å². The first-order valence-corrected chi connectivity index (χ1v) is 8.53. The third-order valence-electron chi connectivity index (χ3n) is 3.21. The number of hydrogen-bond donors (Lipinski definition) is 2. The summed E-state index contributed by atoms with van der Waals surface area (Å²) in [6, 6.07) is 0.309. The predicted octanol–water partition coefficient (Wildman–Crippen LogP) is 1.23. The Bertz CT molecular complexity index is 441. The molecule has 1 aromatic rings. The summed E-state index contributed by atoms with van der Waals surface area (Å²) in [5.74, 6) is 3.71. The molecule has 1 fully saturated rings. The van der Waals surface area contributed by atoms with E-state index in [-0.39, 0.29) is 5.95 Å². The van der Waals surface area contributed by atoms with Gasteiger partial charge < -0.3 is 20.7 Å². The number of nitrogens with one attached hydrogen (secondary N) is 1. The van der Waals surface area contributed by atoms with Crippen LogP contribution in [0.3, 0.4) is 0 Å². The summed E-state index contributed by atoms with van der Waals surface area (Å²) in [6.07, 6.45) is 1.07. The zero-order chi connectivity index (χ0) is 15.1. The Labute approximate surface area is 130 Å². The summed E-state index contributed by atoms with van der Waals surface area (Å²) in [4.78, 5) is 14.9. The van der Waals surface area contributed by atoms with Crippen LogP contribution in [-0.2, 0) is 4.74 Å². The molecule has 1 atom stereocenters. The molecule has 1 unspecified atom stereocenters. The van der Waals surface area contributed by atoms with E-state index < -0.39 is 0 Å². The molecule has 0 spiro atoms. The van der Waals surface area contributed by atoms with Crippen molar-refractivity contribution in [2.45, 2.75) is 26.3 Å². The normalized spacial score (nSPS) is 16.8. The van der Waals surface area contributed by atoms with Crippen molar-refractivity contribution in [1.82, 2.24) is 15.0 Å². The van der Waals surface area contributed by atoms with Crippen LogP contribution in [0.15, 0.2) is 0 Å². The third-order valence-corrected chi connectivity index (χ3v) is 4.14. The fourth-order valence-corrected chi connectivity index (χ4v) is 2.86. The van der Waals surface area contributed by atoms with Crippen LogP contribution in [0.5, 0.6) is 0 Å². The van der Waals surface area contributed by atoms with Gasteiger partial charge in [0.1, 0.15) is 0 Å². The van der Waals surface area contributed by atoms with Crippen LogP contribution >= 0.6 is 11.8 Å². The Morgan fingerprint density at radius 3 is 2.81 bits per heavy atom. The number of aromatic nitrogens is 3. The largest absolute Gasteiger partial charge is 0.378 e. The van der Waals surface area contributed by atoms with Crippen LogP contribution in [0.4, 0.5) is 17.8 Å². The molecule has 0 radical (unpaired) electrons. The van der Waals surface area contributed by atoms with E-state index in [1.54, 1.807) is 0 Å². The minimum absolute atomic E-state index is 0.254. The van der Waals surface area contributed by atoms with Crippen LogP contribution in [0.25, 0.3) is 0 Å². The topological polar surface area (TPSA) is 89.2 Å². The maximum Gasteiger partial charge on any atom is 0.232 e. The van der Waals surface area contributed by atoms with Gasteiger partial charge in [-0.1, -0.05) is 6.92 Å². The molecule has 7 nitrogen and oxygen atoms in total. The van der Waals surface area contributed by atoms with Crippen LogP contribution in [0.1, 0.15) is 20.3 Å². The fraction of sp³-hybridized carbons (Fsp3) is 0.769. The predicted molar refractivity (Wildman–Crippen MR) is 88.0 cm³/mol. The van der Waals surface area contributed by atoms with Gasteiger partial charge in [-0.15, -0.1) is 0 Å². The Balaban J connectivity index is 1.97. The second-order valence-corrected chi connectivity index (χ2v) is 6.34. The van der Waals surface area contributed by atoms with E-state index in [4.69, 9.17) is 10.5 Å². The first-order valence-electron chi connectivity index (χ1n) is 7.37. The molecule has 1 aliphatic heterocycles. The zero-order valence-electron chi connectivity index (χ0n) is 12.7. The molecule has 21 heavy (non-hydrogen) atoms. The molecule has 118 valence electrons. The Hall–Kier alpha value is -1.28. The lowest BCUT2D eigenvalue weighted by molar-refractivity contribution is 0.122. The van der Waals surface area contributed by atoms with Crippen molar-refractivity contribution in [2.24, 2.45) is 0 Å². The van der Waals surface area contributed by atoms with Gasteiger partial charge in [-0.3, -0.25) is 0 Å². The quantitative estimate of drug-likeness (QED) is 0.727. The second-order valence-electron chi connectivity index (χ2n) is 4.95. The van der Waals surface area contributed by atoms with Gasteiger partial charge in [0.25, 0.3) is 0 Å². The maximum absolute atomic E-state index is 5.80. The smallest absolute Gasteiger partial charge is 0.232 e. The highest BCUT2D eigenvalue weighted by Crippen LogP contribution is 2.15. The van der Waals surface area contributed by atoms with Crippen molar-refractivity contribution in [1.29, 1.82) is 0 Å². The van der Waals surface area contributed by atoms with E-state index in [2.05, 4.69) is 39.0 Å². The number of nitrogen functional groups attached to an aromatic ring is 1. The number of anilines is 3. The fourth-order valence-electron chi connectivity index (χ4n) is 2.05. The molecule has 1 saturated heterocycles. The molecule has 0 saturated carbocycles. The summed E-state index contributed by atoms with van der Waals surface area (Å²) >= 11 is 1.94. The molecule has 1 aliphatic rings. The van der Waals surface area contributed by atoms with Crippen LogP contribution in [-0.4, -0.2) is 58.8 Å². The third kappa shape index (κ3) is 5.20. The Morgan fingerprint density at radius 1 is 1.33 bits per heavy atom. The summed E-state index contributed by atoms with van der Waals surface area (Å²) < 4.78 is 5.34. The second kappa shape index (κ2) is 8.23. The van der Waals surface area contributed by atoms with Gasteiger partial charge in [0.2, 0.25) is 17.8 Å². The van der Waals surface area contributed by atoms with E-state index in [9.17, 15) is 0 Å². The molecule has 1 aromatic heterocycles. The van der Waals surface area contributed by atoms with Gasteiger partial charge in [0.15, 0.2) is 0 Å². The van der Waals surface area contributed by atoms with Gasteiger partial charge in [-0.2, -0.15) is 26.7 Å². The number of nitrogens with two attached hydrogens (primary N) is 1.